The standard InChI is InChI=1S/C20H18N6/c1-14-6-2-3-7-16(14)12-22-18-13-23-26-20(25-18)24-17-10-4-8-15-9-5-11-21-19(15)17/h2-11,13H,12H2,1H3,(H2,22,24,25,26). The number of para-hydroxylation sites is 1. The normalized spacial score (nSPS) is 10.7. The zero-order chi connectivity index (χ0) is 17.8. The molecule has 6 nitrogen and oxygen atoms in total. The summed E-state index contributed by atoms with van der Waals surface area (Å²) in [5.74, 6) is 1.09. The highest BCUT2D eigenvalue weighted by Gasteiger charge is 2.06. The molecule has 128 valence electrons. The van der Waals surface area contributed by atoms with Crippen LogP contribution in [0.4, 0.5) is 17.5 Å². The second kappa shape index (κ2) is 7.14. The van der Waals surface area contributed by atoms with Gasteiger partial charge in [-0.3, -0.25) is 4.98 Å². The number of nitrogens with zero attached hydrogens (tertiary/aromatic N) is 4. The summed E-state index contributed by atoms with van der Waals surface area (Å²) >= 11 is 0. The molecular weight excluding hydrogens is 324 g/mol. The molecule has 2 aromatic carbocycles. The van der Waals surface area contributed by atoms with E-state index in [0.717, 1.165) is 16.6 Å². The Morgan fingerprint density at radius 3 is 2.77 bits per heavy atom. The van der Waals surface area contributed by atoms with Crippen molar-refractivity contribution in [3.05, 3.63) is 78.1 Å². The molecule has 0 aliphatic rings. The molecule has 2 heterocycles. The maximum absolute atomic E-state index is 4.50. The van der Waals surface area contributed by atoms with Crippen LogP contribution in [0.1, 0.15) is 11.1 Å². The van der Waals surface area contributed by atoms with Crippen LogP contribution in [-0.4, -0.2) is 20.2 Å². The van der Waals surface area contributed by atoms with E-state index in [-0.39, 0.29) is 0 Å². The summed E-state index contributed by atoms with van der Waals surface area (Å²) in [5.41, 5.74) is 4.18. The molecule has 4 aromatic rings. The van der Waals surface area contributed by atoms with Crippen LogP contribution in [0.2, 0.25) is 0 Å². The van der Waals surface area contributed by atoms with Gasteiger partial charge < -0.3 is 10.6 Å². The van der Waals surface area contributed by atoms with Gasteiger partial charge >= 0.3 is 0 Å². The fourth-order valence-corrected chi connectivity index (χ4v) is 2.76. The van der Waals surface area contributed by atoms with E-state index in [1.54, 1.807) is 12.4 Å². The zero-order valence-electron chi connectivity index (χ0n) is 14.3. The van der Waals surface area contributed by atoms with Crippen molar-refractivity contribution in [2.24, 2.45) is 0 Å². The fourth-order valence-electron chi connectivity index (χ4n) is 2.76. The van der Waals surface area contributed by atoms with Crippen molar-refractivity contribution in [3.8, 4) is 0 Å². The highest BCUT2D eigenvalue weighted by Crippen LogP contribution is 2.23. The lowest BCUT2D eigenvalue weighted by Gasteiger charge is -2.10. The molecule has 4 rings (SSSR count). The van der Waals surface area contributed by atoms with Crippen LogP contribution in [0.3, 0.4) is 0 Å². The van der Waals surface area contributed by atoms with E-state index in [2.05, 4.69) is 49.9 Å². The van der Waals surface area contributed by atoms with Crippen LogP contribution in [0.15, 0.2) is 67.0 Å². The van der Waals surface area contributed by atoms with Gasteiger partial charge in [-0.15, -0.1) is 5.10 Å². The first kappa shape index (κ1) is 16.0. The molecule has 2 aromatic heterocycles. The molecular formula is C20H18N6. The monoisotopic (exact) mass is 342 g/mol. The van der Waals surface area contributed by atoms with Crippen LogP contribution >= 0.6 is 0 Å². The van der Waals surface area contributed by atoms with E-state index in [4.69, 9.17) is 0 Å². The fraction of sp³-hybridized carbons (Fsp3) is 0.100. The molecule has 0 aliphatic carbocycles. The molecule has 0 fully saturated rings. The minimum Gasteiger partial charge on any atom is -0.365 e. The lowest BCUT2D eigenvalue weighted by atomic mass is 10.1. The van der Waals surface area contributed by atoms with Gasteiger partial charge in [-0.2, -0.15) is 10.1 Å². The molecule has 0 saturated carbocycles. The average Bonchev–Trinajstić information content (AvgIpc) is 2.68. The number of fused-ring (bicyclic) bond motifs is 1. The summed E-state index contributed by atoms with van der Waals surface area (Å²) in [6.07, 6.45) is 3.39. The van der Waals surface area contributed by atoms with Gasteiger partial charge in [0, 0.05) is 18.1 Å². The molecule has 0 aliphatic heterocycles. The quantitative estimate of drug-likeness (QED) is 0.569. The van der Waals surface area contributed by atoms with E-state index >= 15 is 0 Å². The Morgan fingerprint density at radius 2 is 1.85 bits per heavy atom. The Balaban J connectivity index is 1.53. The van der Waals surface area contributed by atoms with E-state index in [0.29, 0.717) is 18.3 Å². The largest absolute Gasteiger partial charge is 0.365 e. The van der Waals surface area contributed by atoms with Gasteiger partial charge in [-0.25, -0.2) is 0 Å². The number of pyridine rings is 1. The molecule has 0 saturated heterocycles. The summed E-state index contributed by atoms with van der Waals surface area (Å²) < 4.78 is 0. The number of hydrogen-bond acceptors (Lipinski definition) is 6. The molecule has 0 atom stereocenters. The van der Waals surface area contributed by atoms with Gasteiger partial charge in [0.25, 0.3) is 0 Å². The van der Waals surface area contributed by atoms with Crippen LogP contribution in [-0.2, 0) is 6.54 Å². The number of nitrogens with one attached hydrogen (secondary N) is 2. The lowest BCUT2D eigenvalue weighted by Crippen LogP contribution is -2.06. The zero-order valence-corrected chi connectivity index (χ0v) is 14.3. The van der Waals surface area contributed by atoms with Crippen LogP contribution in [0.5, 0.6) is 0 Å². The average molecular weight is 342 g/mol. The molecule has 6 heteroatoms. The van der Waals surface area contributed by atoms with Crippen molar-refractivity contribution in [2.45, 2.75) is 13.5 Å². The molecule has 26 heavy (non-hydrogen) atoms. The van der Waals surface area contributed by atoms with Crippen LogP contribution < -0.4 is 10.6 Å². The van der Waals surface area contributed by atoms with E-state index in [1.165, 1.54) is 11.1 Å². The minimum absolute atomic E-state index is 0.429. The maximum atomic E-state index is 4.50. The highest BCUT2D eigenvalue weighted by atomic mass is 15.3. The van der Waals surface area contributed by atoms with E-state index in [1.807, 2.05) is 42.5 Å². The highest BCUT2D eigenvalue weighted by molar-refractivity contribution is 5.91. The van der Waals surface area contributed by atoms with Crippen molar-refractivity contribution < 1.29 is 0 Å². The van der Waals surface area contributed by atoms with Gasteiger partial charge in [0.1, 0.15) is 0 Å². The third kappa shape index (κ3) is 3.44. The van der Waals surface area contributed by atoms with Gasteiger partial charge in [-0.05, 0) is 30.2 Å². The van der Waals surface area contributed by atoms with Gasteiger partial charge in [0.2, 0.25) is 5.95 Å². The van der Waals surface area contributed by atoms with Crippen molar-refractivity contribution in [1.82, 2.24) is 20.2 Å². The summed E-state index contributed by atoms with van der Waals surface area (Å²) in [5, 5.41) is 15.7. The first-order valence-corrected chi connectivity index (χ1v) is 8.38. The number of rotatable bonds is 5. The molecule has 0 radical (unpaired) electrons. The van der Waals surface area contributed by atoms with Crippen molar-refractivity contribution in [1.29, 1.82) is 0 Å². The van der Waals surface area contributed by atoms with Crippen LogP contribution in [0.25, 0.3) is 10.9 Å². The van der Waals surface area contributed by atoms with Crippen molar-refractivity contribution in [3.63, 3.8) is 0 Å². The molecule has 2 N–H and O–H groups in total. The summed E-state index contributed by atoms with van der Waals surface area (Å²) in [6.45, 7) is 2.77. The molecule has 0 amide bonds. The second-order valence-corrected chi connectivity index (χ2v) is 5.95. The summed E-state index contributed by atoms with van der Waals surface area (Å²) in [7, 11) is 0. The van der Waals surface area contributed by atoms with Crippen molar-refractivity contribution in [2.75, 3.05) is 10.6 Å². The minimum atomic E-state index is 0.429. The Morgan fingerprint density at radius 1 is 0.962 bits per heavy atom. The van der Waals surface area contributed by atoms with E-state index < -0.39 is 0 Å². The number of benzene rings is 2. The third-order valence-corrected chi connectivity index (χ3v) is 4.16. The Hall–Kier alpha value is -3.54. The first-order valence-electron chi connectivity index (χ1n) is 8.38. The van der Waals surface area contributed by atoms with Crippen LogP contribution in [0, 0.1) is 6.92 Å². The van der Waals surface area contributed by atoms with Crippen molar-refractivity contribution >= 4 is 28.4 Å². The first-order chi connectivity index (χ1) is 12.8. The number of anilines is 3. The number of hydrogen-bond donors (Lipinski definition) is 2. The SMILES string of the molecule is Cc1ccccc1CNc1cnnc(Nc2cccc3cccnc23)n1. The summed E-state index contributed by atoms with van der Waals surface area (Å²) in [4.78, 5) is 8.93. The topological polar surface area (TPSA) is 75.6 Å². The number of aromatic nitrogens is 4. The third-order valence-electron chi connectivity index (χ3n) is 4.16. The summed E-state index contributed by atoms with van der Waals surface area (Å²) in [6, 6.07) is 18.1. The van der Waals surface area contributed by atoms with Gasteiger partial charge in [0.05, 0.1) is 17.4 Å². The molecule has 0 unspecified atom stereocenters. The lowest BCUT2D eigenvalue weighted by molar-refractivity contribution is 0.964. The van der Waals surface area contributed by atoms with Gasteiger partial charge in [0.15, 0.2) is 5.82 Å². The maximum Gasteiger partial charge on any atom is 0.249 e. The Kier molecular flexibility index (Phi) is 4.38. The predicted molar refractivity (Wildman–Crippen MR) is 103 cm³/mol. The Labute approximate surface area is 151 Å². The van der Waals surface area contributed by atoms with E-state index in [9.17, 15) is 0 Å². The smallest absolute Gasteiger partial charge is 0.249 e. The molecule has 0 spiro atoms. The second-order valence-electron chi connectivity index (χ2n) is 5.95. The predicted octanol–water partition coefficient (Wildman–Crippen LogP) is 4.08. The number of aryl methyl sites for hydroxylation is 1. The van der Waals surface area contributed by atoms with Gasteiger partial charge in [-0.1, -0.05) is 42.5 Å². The Bertz CT molecular complexity index is 1040. The molecule has 0 bridgehead atoms.